The van der Waals surface area contributed by atoms with E-state index in [-0.39, 0.29) is 11.9 Å². The molecule has 8 heteroatoms. The van der Waals surface area contributed by atoms with Gasteiger partial charge in [0.25, 0.3) is 0 Å². The first-order valence-electron chi connectivity index (χ1n) is 7.32. The molecule has 5 nitrogen and oxygen atoms in total. The lowest BCUT2D eigenvalue weighted by Crippen LogP contribution is -2.26. The summed E-state index contributed by atoms with van der Waals surface area (Å²) in [6, 6.07) is 2.49. The van der Waals surface area contributed by atoms with Crippen molar-refractivity contribution >= 4 is 5.82 Å². The minimum atomic E-state index is -4.47. The van der Waals surface area contributed by atoms with E-state index in [1.165, 1.54) is 6.33 Å². The highest BCUT2D eigenvalue weighted by molar-refractivity contribution is 5.42. The van der Waals surface area contributed by atoms with E-state index in [1.54, 1.807) is 6.92 Å². The summed E-state index contributed by atoms with van der Waals surface area (Å²) >= 11 is 0. The van der Waals surface area contributed by atoms with Gasteiger partial charge in [-0.1, -0.05) is 0 Å². The number of hydrogen-bond acceptors (Lipinski definition) is 5. The Morgan fingerprint density at radius 3 is 2.57 bits per heavy atom. The van der Waals surface area contributed by atoms with Crippen molar-refractivity contribution in [2.45, 2.75) is 38.9 Å². The van der Waals surface area contributed by atoms with Gasteiger partial charge in [0.05, 0.1) is 6.04 Å². The second-order valence-corrected chi connectivity index (χ2v) is 5.62. The van der Waals surface area contributed by atoms with Crippen LogP contribution >= 0.6 is 0 Å². The number of hydrogen-bond donors (Lipinski definition) is 0. The van der Waals surface area contributed by atoms with Crippen molar-refractivity contribution in [1.82, 2.24) is 19.9 Å². The molecule has 2 aromatic rings. The third-order valence-electron chi connectivity index (χ3n) is 3.80. The van der Waals surface area contributed by atoms with E-state index in [0.717, 1.165) is 18.2 Å². The summed E-state index contributed by atoms with van der Waals surface area (Å²) in [7, 11) is 0. The van der Waals surface area contributed by atoms with Gasteiger partial charge in [-0.15, -0.1) is 0 Å². The first-order chi connectivity index (χ1) is 10.8. The van der Waals surface area contributed by atoms with E-state index in [9.17, 15) is 13.2 Å². The predicted octanol–water partition coefficient (Wildman–Crippen LogP) is 3.24. The standard InChI is InChI=1S/C15H16F3N5/c1-9-7-13(20-8-19-9)23-5-3-4-11(23)14-21-10(2)6-12(22-14)15(16,17)18/h6-8,11H,3-5H2,1-2H3. The molecule has 0 amide bonds. The van der Waals surface area contributed by atoms with Gasteiger partial charge in [-0.25, -0.2) is 19.9 Å². The third kappa shape index (κ3) is 3.25. The molecule has 0 saturated carbocycles. The summed E-state index contributed by atoms with van der Waals surface area (Å²) in [5.41, 5.74) is 0.223. The zero-order valence-electron chi connectivity index (χ0n) is 12.8. The summed E-state index contributed by atoms with van der Waals surface area (Å²) < 4.78 is 39.0. The van der Waals surface area contributed by atoms with E-state index >= 15 is 0 Å². The highest BCUT2D eigenvalue weighted by Gasteiger charge is 2.36. The lowest BCUT2D eigenvalue weighted by Gasteiger charge is -2.25. The molecule has 0 bridgehead atoms. The number of aromatic nitrogens is 4. The molecular weight excluding hydrogens is 307 g/mol. The van der Waals surface area contributed by atoms with Crippen molar-refractivity contribution in [2.75, 3.05) is 11.4 Å². The first-order valence-corrected chi connectivity index (χ1v) is 7.32. The molecule has 122 valence electrons. The fourth-order valence-electron chi connectivity index (χ4n) is 2.79. The number of alkyl halides is 3. The monoisotopic (exact) mass is 323 g/mol. The van der Waals surface area contributed by atoms with Crippen LogP contribution in [0.2, 0.25) is 0 Å². The number of halogens is 3. The molecule has 3 rings (SSSR count). The zero-order chi connectivity index (χ0) is 16.6. The zero-order valence-corrected chi connectivity index (χ0v) is 12.8. The van der Waals surface area contributed by atoms with Crippen LogP contribution in [0.25, 0.3) is 0 Å². The van der Waals surface area contributed by atoms with Gasteiger partial charge in [0.15, 0.2) is 5.82 Å². The normalized spacial score (nSPS) is 18.5. The molecule has 2 aromatic heterocycles. The second kappa shape index (κ2) is 5.75. The van der Waals surface area contributed by atoms with Crippen molar-refractivity contribution in [3.05, 3.63) is 41.4 Å². The second-order valence-electron chi connectivity index (χ2n) is 5.62. The smallest absolute Gasteiger partial charge is 0.346 e. The van der Waals surface area contributed by atoms with Gasteiger partial charge in [0, 0.05) is 24.0 Å². The number of aryl methyl sites for hydroxylation is 2. The van der Waals surface area contributed by atoms with Gasteiger partial charge in [-0.2, -0.15) is 13.2 Å². The van der Waals surface area contributed by atoms with Crippen molar-refractivity contribution in [2.24, 2.45) is 0 Å². The highest BCUT2D eigenvalue weighted by Crippen LogP contribution is 2.35. The van der Waals surface area contributed by atoms with Crippen LogP contribution in [0.5, 0.6) is 0 Å². The van der Waals surface area contributed by atoms with Crippen molar-refractivity contribution < 1.29 is 13.2 Å². The molecule has 0 aromatic carbocycles. The van der Waals surface area contributed by atoms with Crippen LogP contribution in [0.3, 0.4) is 0 Å². The van der Waals surface area contributed by atoms with E-state index in [0.29, 0.717) is 24.5 Å². The molecule has 3 heterocycles. The Hall–Kier alpha value is -2.25. The van der Waals surface area contributed by atoms with Gasteiger partial charge >= 0.3 is 6.18 Å². The van der Waals surface area contributed by atoms with E-state index in [1.807, 2.05) is 17.9 Å². The Balaban J connectivity index is 1.99. The molecule has 1 aliphatic rings. The van der Waals surface area contributed by atoms with Gasteiger partial charge < -0.3 is 4.90 Å². The van der Waals surface area contributed by atoms with Crippen LogP contribution in [0.1, 0.15) is 41.8 Å². The molecule has 1 unspecified atom stereocenters. The molecule has 1 aliphatic heterocycles. The van der Waals surface area contributed by atoms with Crippen LogP contribution in [0.15, 0.2) is 18.5 Å². The van der Waals surface area contributed by atoms with Gasteiger partial charge in [-0.05, 0) is 32.8 Å². The predicted molar refractivity (Wildman–Crippen MR) is 77.9 cm³/mol. The number of anilines is 1. The molecule has 23 heavy (non-hydrogen) atoms. The molecule has 0 aliphatic carbocycles. The first kappa shape index (κ1) is 15.6. The summed E-state index contributed by atoms with van der Waals surface area (Å²) in [5.74, 6) is 0.893. The third-order valence-corrected chi connectivity index (χ3v) is 3.80. The summed E-state index contributed by atoms with van der Waals surface area (Å²) in [6.45, 7) is 4.11. The summed E-state index contributed by atoms with van der Waals surface area (Å²) in [5, 5.41) is 0. The fourth-order valence-corrected chi connectivity index (χ4v) is 2.79. The van der Waals surface area contributed by atoms with Gasteiger partial charge in [-0.3, -0.25) is 0 Å². The van der Waals surface area contributed by atoms with Gasteiger partial charge in [0.1, 0.15) is 17.8 Å². The molecule has 1 saturated heterocycles. The van der Waals surface area contributed by atoms with Crippen LogP contribution in [-0.4, -0.2) is 26.5 Å². The van der Waals surface area contributed by atoms with Crippen LogP contribution < -0.4 is 4.90 Å². The van der Waals surface area contributed by atoms with Crippen molar-refractivity contribution in [3.63, 3.8) is 0 Å². The maximum Gasteiger partial charge on any atom is 0.433 e. The summed E-state index contributed by atoms with van der Waals surface area (Å²) in [4.78, 5) is 18.2. The molecular formula is C15H16F3N5. The maximum absolute atomic E-state index is 13.0. The number of rotatable bonds is 2. The van der Waals surface area contributed by atoms with E-state index < -0.39 is 11.9 Å². The average molecular weight is 323 g/mol. The molecule has 0 N–H and O–H groups in total. The van der Waals surface area contributed by atoms with Crippen molar-refractivity contribution in [1.29, 1.82) is 0 Å². The average Bonchev–Trinajstić information content (AvgIpc) is 2.95. The Morgan fingerprint density at radius 2 is 1.87 bits per heavy atom. The Bertz CT molecular complexity index is 716. The van der Waals surface area contributed by atoms with E-state index in [4.69, 9.17) is 0 Å². The van der Waals surface area contributed by atoms with Crippen molar-refractivity contribution in [3.8, 4) is 0 Å². The van der Waals surface area contributed by atoms with Crippen LogP contribution in [0.4, 0.5) is 19.0 Å². The SMILES string of the molecule is Cc1cc(N2CCCC2c2nc(C)cc(C(F)(F)F)n2)ncn1. The fraction of sp³-hybridized carbons (Fsp3) is 0.467. The Morgan fingerprint density at radius 1 is 1.09 bits per heavy atom. The Kier molecular flexibility index (Phi) is 3.91. The minimum Gasteiger partial charge on any atom is -0.346 e. The number of nitrogens with zero attached hydrogens (tertiary/aromatic N) is 5. The molecule has 0 radical (unpaired) electrons. The van der Waals surface area contributed by atoms with E-state index in [2.05, 4.69) is 19.9 Å². The van der Waals surface area contributed by atoms with Crippen LogP contribution in [-0.2, 0) is 6.18 Å². The lowest BCUT2D eigenvalue weighted by molar-refractivity contribution is -0.141. The maximum atomic E-state index is 13.0. The summed E-state index contributed by atoms with van der Waals surface area (Å²) in [6.07, 6.45) is -1.47. The molecule has 0 spiro atoms. The molecule has 1 atom stereocenters. The largest absolute Gasteiger partial charge is 0.433 e. The van der Waals surface area contributed by atoms with Gasteiger partial charge in [0.2, 0.25) is 0 Å². The Labute approximate surface area is 131 Å². The lowest BCUT2D eigenvalue weighted by atomic mass is 10.2. The van der Waals surface area contributed by atoms with Crippen LogP contribution in [0, 0.1) is 13.8 Å². The quantitative estimate of drug-likeness (QED) is 0.849. The highest BCUT2D eigenvalue weighted by atomic mass is 19.4. The minimum absolute atomic E-state index is 0.200. The molecule has 1 fully saturated rings. The topological polar surface area (TPSA) is 54.8 Å².